The first-order valence-corrected chi connectivity index (χ1v) is 8.16. The highest BCUT2D eigenvalue weighted by molar-refractivity contribution is 5.77. The lowest BCUT2D eigenvalue weighted by Gasteiger charge is -2.35. The summed E-state index contributed by atoms with van der Waals surface area (Å²) in [4.78, 5) is 0. The lowest BCUT2D eigenvalue weighted by molar-refractivity contribution is -0.00926. The Balaban J connectivity index is 1.53. The van der Waals surface area contributed by atoms with Crippen molar-refractivity contribution in [2.75, 3.05) is 19.7 Å². The molecule has 1 spiro atoms. The number of fused-ring (bicyclic) bond motifs is 1. The van der Waals surface area contributed by atoms with Crippen LogP contribution in [0.3, 0.4) is 0 Å². The highest BCUT2D eigenvalue weighted by atomic mass is 16.5. The molecule has 0 bridgehead atoms. The van der Waals surface area contributed by atoms with Gasteiger partial charge in [-0.05, 0) is 25.0 Å². The molecule has 1 aromatic carbocycles. The van der Waals surface area contributed by atoms with Gasteiger partial charge in [-0.25, -0.2) is 0 Å². The average molecular weight is 285 g/mol. The molecule has 2 heterocycles. The fourth-order valence-electron chi connectivity index (χ4n) is 3.82. The molecule has 1 atom stereocenters. The van der Waals surface area contributed by atoms with E-state index in [1.807, 2.05) is 18.2 Å². The highest BCUT2D eigenvalue weighted by Gasteiger charge is 2.36. The van der Waals surface area contributed by atoms with Crippen LogP contribution in [0.25, 0.3) is 11.0 Å². The lowest BCUT2D eigenvalue weighted by Crippen LogP contribution is -2.37. The monoisotopic (exact) mass is 285 g/mol. The Kier molecular flexibility index (Phi) is 3.48. The lowest BCUT2D eigenvalue weighted by atomic mass is 9.75. The van der Waals surface area contributed by atoms with E-state index in [1.165, 1.54) is 32.1 Å². The van der Waals surface area contributed by atoms with E-state index in [4.69, 9.17) is 9.15 Å². The van der Waals surface area contributed by atoms with Crippen LogP contribution in [0.5, 0.6) is 0 Å². The van der Waals surface area contributed by atoms with Crippen LogP contribution in [0, 0.1) is 5.41 Å². The van der Waals surface area contributed by atoms with Crippen molar-refractivity contribution >= 4 is 11.0 Å². The number of furan rings is 1. The van der Waals surface area contributed by atoms with E-state index >= 15 is 0 Å². The molecule has 4 rings (SSSR count). The van der Waals surface area contributed by atoms with Crippen LogP contribution >= 0.6 is 0 Å². The van der Waals surface area contributed by atoms with Gasteiger partial charge in [0.15, 0.2) is 0 Å². The minimum absolute atomic E-state index is 0.0405. The van der Waals surface area contributed by atoms with E-state index in [9.17, 15) is 0 Å². The molecule has 0 amide bonds. The molecule has 1 aliphatic carbocycles. The van der Waals surface area contributed by atoms with Crippen molar-refractivity contribution in [1.29, 1.82) is 0 Å². The van der Waals surface area contributed by atoms with Gasteiger partial charge >= 0.3 is 0 Å². The molecule has 1 saturated heterocycles. The number of benzene rings is 1. The molecule has 112 valence electrons. The maximum Gasteiger partial charge on any atom is 0.135 e. The molecule has 1 aliphatic heterocycles. The van der Waals surface area contributed by atoms with E-state index in [2.05, 4.69) is 17.4 Å². The highest BCUT2D eigenvalue weighted by Crippen LogP contribution is 2.39. The van der Waals surface area contributed by atoms with Gasteiger partial charge in [-0.3, -0.25) is 0 Å². The molecule has 2 aliphatic rings. The molecule has 21 heavy (non-hydrogen) atoms. The molecule has 2 fully saturated rings. The Morgan fingerprint density at radius 1 is 1.10 bits per heavy atom. The first-order valence-electron chi connectivity index (χ1n) is 8.16. The van der Waals surface area contributed by atoms with E-state index in [-0.39, 0.29) is 6.10 Å². The molecule has 1 N–H and O–H groups in total. The summed E-state index contributed by atoms with van der Waals surface area (Å²) in [5.74, 6) is 0.955. The molecule has 1 aromatic heterocycles. The molecular weight excluding hydrogens is 262 g/mol. The summed E-state index contributed by atoms with van der Waals surface area (Å²) in [6.45, 7) is 2.80. The maximum atomic E-state index is 6.26. The number of para-hydroxylation sites is 1. The molecule has 3 heteroatoms. The van der Waals surface area contributed by atoms with Crippen LogP contribution in [0.2, 0.25) is 0 Å². The van der Waals surface area contributed by atoms with Crippen LogP contribution in [-0.4, -0.2) is 19.7 Å². The topological polar surface area (TPSA) is 34.4 Å². The predicted octanol–water partition coefficient (Wildman–Crippen LogP) is 4.04. The first kappa shape index (κ1) is 13.4. The van der Waals surface area contributed by atoms with Crippen molar-refractivity contribution in [2.24, 2.45) is 5.41 Å². The standard InChI is InChI=1S/C18H23NO2/c1-4-8-18(9-5-1)12-19-11-17(20-13-18)16-10-14-6-2-3-7-15(14)21-16/h2-3,6-7,10,17,19H,1,4-5,8-9,11-13H2. The third-order valence-corrected chi connectivity index (χ3v) is 5.10. The minimum atomic E-state index is 0.0405. The van der Waals surface area contributed by atoms with Crippen molar-refractivity contribution in [1.82, 2.24) is 5.32 Å². The fourth-order valence-corrected chi connectivity index (χ4v) is 3.82. The summed E-state index contributed by atoms with van der Waals surface area (Å²) in [6.07, 6.45) is 6.72. The van der Waals surface area contributed by atoms with Crippen molar-refractivity contribution in [3.63, 3.8) is 0 Å². The zero-order valence-corrected chi connectivity index (χ0v) is 12.4. The van der Waals surface area contributed by atoms with Gasteiger partial charge in [0.2, 0.25) is 0 Å². The quantitative estimate of drug-likeness (QED) is 0.858. The van der Waals surface area contributed by atoms with Gasteiger partial charge in [0, 0.05) is 23.9 Å². The second-order valence-corrected chi connectivity index (χ2v) is 6.68. The van der Waals surface area contributed by atoms with Crippen molar-refractivity contribution in [3.05, 3.63) is 36.1 Å². The molecular formula is C18H23NO2. The van der Waals surface area contributed by atoms with Crippen molar-refractivity contribution in [3.8, 4) is 0 Å². The molecule has 3 nitrogen and oxygen atoms in total. The summed E-state index contributed by atoms with van der Waals surface area (Å²) in [6, 6.07) is 10.3. The van der Waals surface area contributed by atoms with Crippen molar-refractivity contribution < 1.29 is 9.15 Å². The van der Waals surface area contributed by atoms with E-state index in [0.29, 0.717) is 5.41 Å². The second kappa shape index (κ2) is 5.47. The van der Waals surface area contributed by atoms with Gasteiger partial charge in [-0.1, -0.05) is 37.5 Å². The Labute approximate surface area is 125 Å². The molecule has 1 unspecified atom stereocenters. The maximum absolute atomic E-state index is 6.26. The molecule has 1 saturated carbocycles. The van der Waals surface area contributed by atoms with Crippen LogP contribution in [-0.2, 0) is 4.74 Å². The summed E-state index contributed by atoms with van der Waals surface area (Å²) in [5, 5.41) is 4.78. The van der Waals surface area contributed by atoms with Crippen LogP contribution in [0.15, 0.2) is 34.7 Å². The van der Waals surface area contributed by atoms with Crippen molar-refractivity contribution in [2.45, 2.75) is 38.2 Å². The van der Waals surface area contributed by atoms with E-state index in [1.54, 1.807) is 0 Å². The number of hydrogen-bond donors (Lipinski definition) is 1. The Bertz CT molecular complexity index is 579. The number of ether oxygens (including phenoxy) is 1. The Morgan fingerprint density at radius 2 is 1.95 bits per heavy atom. The fraction of sp³-hybridized carbons (Fsp3) is 0.556. The van der Waals surface area contributed by atoms with Crippen LogP contribution in [0.1, 0.15) is 44.0 Å². The zero-order chi connectivity index (χ0) is 14.1. The minimum Gasteiger partial charge on any atom is -0.458 e. The second-order valence-electron chi connectivity index (χ2n) is 6.68. The third kappa shape index (κ3) is 2.60. The van der Waals surface area contributed by atoms with Crippen LogP contribution in [0.4, 0.5) is 0 Å². The van der Waals surface area contributed by atoms with Gasteiger partial charge in [-0.2, -0.15) is 0 Å². The Hall–Kier alpha value is -1.32. The summed E-state index contributed by atoms with van der Waals surface area (Å²) in [5.41, 5.74) is 1.31. The average Bonchev–Trinajstić information content (AvgIpc) is 2.85. The van der Waals surface area contributed by atoms with Gasteiger partial charge in [0.25, 0.3) is 0 Å². The Morgan fingerprint density at radius 3 is 2.81 bits per heavy atom. The van der Waals surface area contributed by atoms with Gasteiger partial charge in [0.05, 0.1) is 6.61 Å². The predicted molar refractivity (Wildman–Crippen MR) is 83.3 cm³/mol. The normalized spacial score (nSPS) is 26.0. The summed E-state index contributed by atoms with van der Waals surface area (Å²) < 4.78 is 12.2. The zero-order valence-electron chi connectivity index (χ0n) is 12.4. The molecule has 0 radical (unpaired) electrons. The van der Waals surface area contributed by atoms with Gasteiger partial charge in [-0.15, -0.1) is 0 Å². The number of rotatable bonds is 1. The van der Waals surface area contributed by atoms with Crippen LogP contribution < -0.4 is 5.32 Å². The molecule has 2 aromatic rings. The van der Waals surface area contributed by atoms with Gasteiger partial charge in [0.1, 0.15) is 17.4 Å². The SMILES string of the molecule is c1ccc2oc(C3CNCC4(CCCCC4)CO3)cc2c1. The van der Waals surface area contributed by atoms with E-state index < -0.39 is 0 Å². The summed E-state index contributed by atoms with van der Waals surface area (Å²) in [7, 11) is 0. The number of nitrogens with one attached hydrogen (secondary N) is 1. The van der Waals surface area contributed by atoms with Gasteiger partial charge < -0.3 is 14.5 Å². The smallest absolute Gasteiger partial charge is 0.135 e. The first-order chi connectivity index (χ1) is 10.3. The summed E-state index contributed by atoms with van der Waals surface area (Å²) >= 11 is 0. The largest absolute Gasteiger partial charge is 0.458 e. The third-order valence-electron chi connectivity index (χ3n) is 5.10. The number of hydrogen-bond acceptors (Lipinski definition) is 3. The van der Waals surface area contributed by atoms with E-state index in [0.717, 1.165) is 36.4 Å².